The van der Waals surface area contributed by atoms with Crippen molar-refractivity contribution in [3.63, 3.8) is 0 Å². The number of thiophene rings is 1. The maximum atomic E-state index is 15.1. The fraction of sp³-hybridized carbons (Fsp3) is 0.455. The van der Waals surface area contributed by atoms with E-state index < -0.39 is 51.8 Å². The molecule has 3 aromatic rings. The monoisotopic (exact) mass is 573 g/mol. The second kappa shape index (κ2) is 8.98. The molecule has 2 N–H and O–H groups in total. The van der Waals surface area contributed by atoms with E-state index in [-0.39, 0.29) is 40.2 Å². The molecular formula is C22H23F4N7O3S2. The van der Waals surface area contributed by atoms with Gasteiger partial charge in [-0.25, -0.2) is 22.8 Å². The summed E-state index contributed by atoms with van der Waals surface area (Å²) in [6.45, 7) is 3.02. The summed E-state index contributed by atoms with van der Waals surface area (Å²) in [5.74, 6) is -0.622. The summed E-state index contributed by atoms with van der Waals surface area (Å²) in [5.41, 5.74) is -1.98. The molecule has 5 heterocycles. The van der Waals surface area contributed by atoms with E-state index in [9.17, 15) is 26.4 Å². The van der Waals surface area contributed by atoms with Crippen molar-refractivity contribution < 1.29 is 30.8 Å². The van der Waals surface area contributed by atoms with E-state index in [1.165, 1.54) is 23.1 Å². The van der Waals surface area contributed by atoms with Gasteiger partial charge >= 0.3 is 6.18 Å². The Bertz CT molecular complexity index is 1520. The zero-order chi connectivity index (χ0) is 27.6. The van der Waals surface area contributed by atoms with Gasteiger partial charge in [0.1, 0.15) is 16.6 Å². The van der Waals surface area contributed by atoms with Gasteiger partial charge in [0.2, 0.25) is 16.0 Å². The van der Waals surface area contributed by atoms with E-state index >= 15 is 4.39 Å². The quantitative estimate of drug-likeness (QED) is 0.450. The molecule has 0 saturated carbocycles. The molecule has 0 aliphatic carbocycles. The number of aryl methyl sites for hydroxylation is 1. The minimum Gasteiger partial charge on any atom is -0.348 e. The number of nitrogens with zero attached hydrogens (tertiary/aromatic N) is 5. The van der Waals surface area contributed by atoms with Gasteiger partial charge in [0.25, 0.3) is 5.91 Å². The third-order valence-electron chi connectivity index (χ3n) is 6.44. The van der Waals surface area contributed by atoms with Gasteiger partial charge in [-0.3, -0.25) is 9.48 Å². The van der Waals surface area contributed by atoms with Crippen molar-refractivity contribution in [3.8, 4) is 10.6 Å². The van der Waals surface area contributed by atoms with E-state index in [1.54, 1.807) is 20.9 Å². The van der Waals surface area contributed by atoms with Gasteiger partial charge in [0.05, 0.1) is 33.9 Å². The number of rotatable bonds is 5. The molecule has 3 aromatic heterocycles. The highest BCUT2D eigenvalue weighted by Crippen LogP contribution is 2.44. The van der Waals surface area contributed by atoms with Gasteiger partial charge in [0, 0.05) is 37.4 Å². The van der Waals surface area contributed by atoms with Crippen LogP contribution in [0.5, 0.6) is 0 Å². The average molecular weight is 574 g/mol. The number of nitrogens with one attached hydrogen (secondary N) is 2. The predicted molar refractivity (Wildman–Crippen MR) is 130 cm³/mol. The predicted octanol–water partition coefficient (Wildman–Crippen LogP) is 3.15. The first kappa shape index (κ1) is 26.5. The molecular weight excluding hydrogens is 550 g/mol. The van der Waals surface area contributed by atoms with Crippen LogP contribution in [0.1, 0.15) is 41.1 Å². The molecule has 0 unspecified atom stereocenters. The number of aromatic nitrogens is 4. The third-order valence-corrected chi connectivity index (χ3v) is 9.72. The largest absolute Gasteiger partial charge is 0.420 e. The Hall–Kier alpha value is -3.11. The first-order chi connectivity index (χ1) is 17.7. The van der Waals surface area contributed by atoms with Crippen molar-refractivity contribution in [1.82, 2.24) is 29.4 Å². The van der Waals surface area contributed by atoms with Gasteiger partial charge in [-0.1, -0.05) is 0 Å². The highest BCUT2D eigenvalue weighted by molar-refractivity contribution is 7.89. The highest BCUT2D eigenvalue weighted by Gasteiger charge is 2.41. The number of carbonyl (C=O) groups excluding carboxylic acids is 1. The lowest BCUT2D eigenvalue weighted by Gasteiger charge is -2.34. The summed E-state index contributed by atoms with van der Waals surface area (Å²) in [6.07, 6.45) is -3.31. The number of halogens is 4. The number of piperidine rings is 1. The van der Waals surface area contributed by atoms with Crippen LogP contribution in [-0.2, 0) is 28.8 Å². The summed E-state index contributed by atoms with van der Waals surface area (Å²) >= 11 is 1.02. The van der Waals surface area contributed by atoms with Gasteiger partial charge < -0.3 is 10.6 Å². The Morgan fingerprint density at radius 2 is 2.00 bits per heavy atom. The van der Waals surface area contributed by atoms with Gasteiger partial charge in [0.15, 0.2) is 0 Å². The number of amides is 1. The van der Waals surface area contributed by atoms with E-state index in [2.05, 4.69) is 25.7 Å². The van der Waals surface area contributed by atoms with Gasteiger partial charge in [-0.05, 0) is 26.3 Å². The van der Waals surface area contributed by atoms with Crippen LogP contribution >= 0.6 is 11.3 Å². The lowest BCUT2D eigenvalue weighted by Crippen LogP contribution is -2.50. The standard InChI is InChI=1S/C22H23F4N7O3S2/c1-21(2)18-12(19(34)31-21)6-16(37-18)17-13(22(24,25)26)8-27-20(30-17)29-15-4-5-33(10-14(15)23)38(35,36)11-7-28-32(3)9-11/h6-9,14-15H,4-5,10H2,1-3H3,(H,31,34)(H,27,29,30)/t14-,15-/m1/s1. The Labute approximate surface area is 219 Å². The summed E-state index contributed by atoms with van der Waals surface area (Å²) in [4.78, 5) is 20.8. The van der Waals surface area contributed by atoms with Crippen LogP contribution in [0, 0.1) is 0 Å². The van der Waals surface area contributed by atoms with E-state index in [1.807, 2.05) is 0 Å². The topological polar surface area (TPSA) is 122 Å². The van der Waals surface area contributed by atoms with Crippen molar-refractivity contribution in [2.24, 2.45) is 7.05 Å². The molecule has 1 fully saturated rings. The minimum atomic E-state index is -4.77. The highest BCUT2D eigenvalue weighted by atomic mass is 32.2. The van der Waals surface area contributed by atoms with E-state index in [0.717, 1.165) is 15.6 Å². The molecule has 0 aromatic carbocycles. The fourth-order valence-electron chi connectivity index (χ4n) is 4.50. The Morgan fingerprint density at radius 3 is 2.61 bits per heavy atom. The smallest absolute Gasteiger partial charge is 0.348 e. The molecule has 204 valence electrons. The van der Waals surface area contributed by atoms with E-state index in [4.69, 9.17) is 0 Å². The molecule has 16 heteroatoms. The first-order valence-corrected chi connectivity index (χ1v) is 13.7. The second-order valence-electron chi connectivity index (χ2n) is 9.65. The molecule has 10 nitrogen and oxygen atoms in total. The third kappa shape index (κ3) is 4.64. The maximum Gasteiger partial charge on any atom is 0.420 e. The molecule has 1 saturated heterocycles. The Balaban J connectivity index is 1.40. The summed E-state index contributed by atoms with van der Waals surface area (Å²) in [5, 5.41) is 9.34. The summed E-state index contributed by atoms with van der Waals surface area (Å²) < 4.78 is 84.5. The second-order valence-corrected chi connectivity index (χ2v) is 12.6. The van der Waals surface area contributed by atoms with Crippen LogP contribution in [0.15, 0.2) is 29.6 Å². The van der Waals surface area contributed by atoms with Crippen LogP contribution in [0.25, 0.3) is 10.6 Å². The summed E-state index contributed by atoms with van der Waals surface area (Å²) in [6, 6.07) is 0.434. The van der Waals surface area contributed by atoms with Crippen molar-refractivity contribution in [2.75, 3.05) is 18.4 Å². The molecule has 0 spiro atoms. The first-order valence-electron chi connectivity index (χ1n) is 11.5. The van der Waals surface area contributed by atoms with Crippen molar-refractivity contribution in [1.29, 1.82) is 0 Å². The lowest BCUT2D eigenvalue weighted by atomic mass is 10.0. The average Bonchev–Trinajstić information content (AvgIpc) is 3.51. The normalized spacial score (nSPS) is 21.8. The van der Waals surface area contributed by atoms with Crippen molar-refractivity contribution in [3.05, 3.63) is 40.7 Å². The van der Waals surface area contributed by atoms with Gasteiger partial charge in [-0.15, -0.1) is 11.3 Å². The molecule has 38 heavy (non-hydrogen) atoms. The minimum absolute atomic E-state index is 0.0232. The van der Waals surface area contributed by atoms with Crippen LogP contribution in [0.2, 0.25) is 0 Å². The molecule has 5 rings (SSSR count). The number of alkyl halides is 4. The number of carbonyl (C=O) groups is 1. The lowest BCUT2D eigenvalue weighted by molar-refractivity contribution is -0.137. The number of anilines is 1. The zero-order valence-corrected chi connectivity index (χ0v) is 22.0. The molecule has 2 atom stereocenters. The Morgan fingerprint density at radius 1 is 1.26 bits per heavy atom. The van der Waals surface area contributed by atoms with Crippen LogP contribution in [0.4, 0.5) is 23.5 Å². The molecule has 0 bridgehead atoms. The van der Waals surface area contributed by atoms with Crippen LogP contribution in [-0.4, -0.2) is 63.7 Å². The number of fused-ring (bicyclic) bond motifs is 1. The maximum absolute atomic E-state index is 15.1. The van der Waals surface area contributed by atoms with Crippen molar-refractivity contribution in [2.45, 2.75) is 49.1 Å². The Kier molecular flexibility index (Phi) is 6.26. The van der Waals surface area contributed by atoms with Crippen LogP contribution < -0.4 is 10.6 Å². The van der Waals surface area contributed by atoms with Gasteiger partial charge in [-0.2, -0.15) is 22.6 Å². The van der Waals surface area contributed by atoms with Crippen LogP contribution in [0.3, 0.4) is 0 Å². The number of sulfonamides is 1. The molecule has 0 radical (unpaired) electrons. The molecule has 1 amide bonds. The SMILES string of the molecule is Cn1cc(S(=O)(=O)N2CC[C@@H](Nc3ncc(C(F)(F)F)c(-c4cc5c(s4)C(C)(C)NC5=O)n3)[C@H](F)C2)cn1. The fourth-order valence-corrected chi connectivity index (χ4v) is 7.17. The number of hydrogen-bond acceptors (Lipinski definition) is 8. The summed E-state index contributed by atoms with van der Waals surface area (Å²) in [7, 11) is -2.39. The van der Waals surface area contributed by atoms with E-state index in [0.29, 0.717) is 11.1 Å². The molecule has 2 aliphatic rings. The zero-order valence-electron chi connectivity index (χ0n) is 20.4. The number of hydrogen-bond donors (Lipinski definition) is 2. The van der Waals surface area contributed by atoms with Crippen molar-refractivity contribution >= 4 is 33.2 Å². The molecule has 2 aliphatic heterocycles.